The summed E-state index contributed by atoms with van der Waals surface area (Å²) >= 11 is 11.9. The molecule has 9 aliphatic rings. The number of carbonyl (C=O) groups is 15. The van der Waals surface area contributed by atoms with Gasteiger partial charge < -0.3 is 33.2 Å². The van der Waals surface area contributed by atoms with Crippen LogP contribution in [-0.4, -0.2) is 88.1 Å². The molecular weight excluding hydrogens is 1490 g/mol. The van der Waals surface area contributed by atoms with Crippen LogP contribution < -0.4 is 0 Å². The maximum Gasteiger partial charge on any atom is 0.344 e. The minimum Gasteiger partial charge on any atom is -0.431 e. The highest BCUT2D eigenvalue weighted by Crippen LogP contribution is 2.45. The molecule has 1 saturated carbocycles. The maximum atomic E-state index is 12.0. The molecule has 0 spiro atoms. The average molecular weight is 1600 g/mol. The van der Waals surface area contributed by atoms with Gasteiger partial charge in [0.1, 0.15) is 40.3 Å². The Kier molecular flexibility index (Phi) is 38.6. The van der Waals surface area contributed by atoms with Gasteiger partial charge in [0.15, 0.2) is 46.3 Å². The Balaban J connectivity index is 0.000000232. The van der Waals surface area contributed by atoms with Gasteiger partial charge in [-0.05, 0) is 168 Å². The lowest BCUT2D eigenvalue weighted by Gasteiger charge is -2.18. The predicted molar refractivity (Wildman–Crippen MR) is 422 cm³/mol. The molecule has 0 aliphatic heterocycles. The highest BCUT2D eigenvalue weighted by atomic mass is 35.5. The molecule has 606 valence electrons. The zero-order chi connectivity index (χ0) is 83.8. The molecule has 0 aromatic heterocycles. The van der Waals surface area contributed by atoms with Gasteiger partial charge >= 0.3 is 41.8 Å². The van der Waals surface area contributed by atoms with E-state index in [4.69, 9.17) is 56.4 Å². The van der Waals surface area contributed by atoms with E-state index in [9.17, 15) is 71.9 Å². The van der Waals surface area contributed by atoms with E-state index in [1.807, 2.05) is 32.0 Å². The number of Topliss-reactive ketones (excluding diaryl/α,β-unsaturated/α-hetero) is 8. The van der Waals surface area contributed by atoms with Crippen molar-refractivity contribution in [1.82, 2.24) is 0 Å². The zero-order valence-electron chi connectivity index (χ0n) is 67.1. The fourth-order valence-electron chi connectivity index (χ4n) is 12.9. The Bertz CT molecular complexity index is 4200. The van der Waals surface area contributed by atoms with Crippen molar-refractivity contribution in [2.75, 3.05) is 0 Å². The number of rotatable bonds is 11. The summed E-state index contributed by atoms with van der Waals surface area (Å²) in [5.41, 5.74) is 7.23. The summed E-state index contributed by atoms with van der Waals surface area (Å²) < 4.78 is 35.6. The number of hydrogen-bond donors (Lipinski definition) is 0. The number of ketones is 8. The first-order chi connectivity index (χ1) is 53.5. The Morgan fingerprint density at radius 3 is 0.938 bits per heavy atom. The van der Waals surface area contributed by atoms with Crippen LogP contribution in [0.4, 0.5) is 0 Å². The van der Waals surface area contributed by atoms with E-state index in [-0.39, 0.29) is 70.3 Å². The number of carbonyl (C=O) groups excluding carboxylic acids is 15. The van der Waals surface area contributed by atoms with E-state index >= 15 is 0 Å². The molecule has 2 unspecified atom stereocenters. The van der Waals surface area contributed by atoms with Crippen LogP contribution in [0.3, 0.4) is 0 Å². The molecule has 2 atom stereocenters. The molecule has 12 rings (SSSR count). The third kappa shape index (κ3) is 29.7. The first kappa shape index (κ1) is 93.4. The number of allylic oxidation sites excluding steroid dienone is 16. The van der Waals surface area contributed by atoms with Crippen LogP contribution in [0.5, 0.6) is 0 Å². The molecule has 22 nitrogen and oxygen atoms in total. The van der Waals surface area contributed by atoms with Gasteiger partial charge in [-0.25, -0.2) is 14.4 Å². The van der Waals surface area contributed by atoms with Crippen molar-refractivity contribution >= 4 is 111 Å². The van der Waals surface area contributed by atoms with Gasteiger partial charge in [-0.15, -0.1) is 0 Å². The maximum absolute atomic E-state index is 12.0. The van der Waals surface area contributed by atoms with Crippen LogP contribution in [0, 0.1) is 18.8 Å². The van der Waals surface area contributed by atoms with Crippen LogP contribution in [-0.2, 0) is 90.7 Å². The number of aryl methyl sites for hydroxylation is 1. The first-order valence-electron chi connectivity index (χ1n) is 38.3. The number of esters is 7. The summed E-state index contributed by atoms with van der Waals surface area (Å²) in [5.74, 6) is 2.87. The number of halogens is 2. The summed E-state index contributed by atoms with van der Waals surface area (Å²) in [5, 5.41) is 1.19. The molecule has 3 aromatic rings. The summed E-state index contributed by atoms with van der Waals surface area (Å²) in [4.78, 5) is 169. The van der Waals surface area contributed by atoms with Crippen molar-refractivity contribution in [3.05, 3.63) is 196 Å². The Morgan fingerprint density at radius 1 is 0.327 bits per heavy atom. The lowest BCUT2D eigenvalue weighted by atomic mass is 9.89. The van der Waals surface area contributed by atoms with Crippen LogP contribution in [0.15, 0.2) is 169 Å². The lowest BCUT2D eigenvalue weighted by Crippen LogP contribution is -2.18. The van der Waals surface area contributed by atoms with Gasteiger partial charge in [-0.1, -0.05) is 78.7 Å². The van der Waals surface area contributed by atoms with E-state index in [1.165, 1.54) is 20.8 Å². The van der Waals surface area contributed by atoms with Crippen molar-refractivity contribution in [2.45, 2.75) is 251 Å². The number of ether oxygens (including phenoxy) is 7. The minimum absolute atomic E-state index is 0.0446. The molecule has 3 aromatic carbocycles. The van der Waals surface area contributed by atoms with Crippen LogP contribution in [0.25, 0.3) is 0 Å². The highest BCUT2D eigenvalue weighted by molar-refractivity contribution is 6.33. The van der Waals surface area contributed by atoms with Gasteiger partial charge in [-0.3, -0.25) is 57.5 Å². The molecule has 0 heterocycles. The third-order valence-corrected chi connectivity index (χ3v) is 20.8. The Hall–Kier alpha value is -10.2. The van der Waals surface area contributed by atoms with Gasteiger partial charge in [0.05, 0.1) is 21.7 Å². The van der Waals surface area contributed by atoms with Gasteiger partial charge in [0.25, 0.3) is 0 Å². The van der Waals surface area contributed by atoms with E-state index in [2.05, 4.69) is 0 Å². The van der Waals surface area contributed by atoms with Gasteiger partial charge in [0.2, 0.25) is 0 Å². The van der Waals surface area contributed by atoms with E-state index < -0.39 is 11.9 Å². The topological polar surface area (TPSA) is 321 Å². The van der Waals surface area contributed by atoms with E-state index in [1.54, 1.807) is 116 Å². The number of fused-ring (bicyclic) bond motifs is 2. The summed E-state index contributed by atoms with van der Waals surface area (Å²) in [6.07, 6.45) is 17.7. The molecule has 24 heteroatoms. The largest absolute Gasteiger partial charge is 0.431 e. The summed E-state index contributed by atoms with van der Waals surface area (Å²) in [7, 11) is 0. The van der Waals surface area contributed by atoms with Crippen molar-refractivity contribution < 1.29 is 105 Å². The number of hydrogen-bond acceptors (Lipinski definition) is 22. The fraction of sp³-hybridized carbons (Fsp3) is 0.449. The lowest BCUT2D eigenvalue weighted by molar-refractivity contribution is -0.140. The molecule has 0 N–H and O–H groups in total. The zero-order valence-corrected chi connectivity index (χ0v) is 68.6. The smallest absolute Gasteiger partial charge is 0.344 e. The fourth-order valence-corrected chi connectivity index (χ4v) is 13.4. The second kappa shape index (κ2) is 46.7. The van der Waals surface area contributed by atoms with Gasteiger partial charge in [-0.2, -0.15) is 0 Å². The molecule has 1 fully saturated rings. The van der Waals surface area contributed by atoms with Crippen molar-refractivity contribution in [3.63, 3.8) is 0 Å². The molecule has 0 saturated heterocycles. The van der Waals surface area contributed by atoms with E-state index in [0.29, 0.717) is 215 Å². The van der Waals surface area contributed by atoms with Crippen molar-refractivity contribution in [3.8, 4) is 0 Å². The van der Waals surface area contributed by atoms with Crippen LogP contribution in [0.2, 0.25) is 5.02 Å². The highest BCUT2D eigenvalue weighted by Gasteiger charge is 2.38. The molecule has 0 amide bonds. The molecule has 2 bridgehead atoms. The second-order valence-electron chi connectivity index (χ2n) is 28.3. The SMILES string of the molecule is CC(=O)OC1=C(C)C(=O)CCC1.CC(=O)OC1=C(C)C(=O)CCC1.CC(=O)OC1=C(C)C(=O)CCC1.CC1=C(Cl)C2CCC(C2)C1=O.CC1=C(OC(=O)c2ccccc2)CCCC1=O.CC1=C(OC(=O)c2ccccc2C)CCCC1=O.CC1=C(OC(=O)c2ccccc2Cl)CCCC1=O.CCC(=O)OC1=C(C)C(=O)CCC1. The molecule has 0 radical (unpaired) electrons. The monoisotopic (exact) mass is 1590 g/mol. The van der Waals surface area contributed by atoms with Crippen LogP contribution in [0.1, 0.15) is 280 Å². The summed E-state index contributed by atoms with van der Waals surface area (Å²) in [6, 6.07) is 22.8. The van der Waals surface area contributed by atoms with Crippen LogP contribution >= 0.6 is 23.2 Å². The number of benzene rings is 3. The van der Waals surface area contributed by atoms with Crippen molar-refractivity contribution in [2.24, 2.45) is 11.8 Å². The van der Waals surface area contributed by atoms with E-state index in [0.717, 1.165) is 80.4 Å². The van der Waals surface area contributed by atoms with Crippen molar-refractivity contribution in [1.29, 1.82) is 0 Å². The molecular formula is C89H104Cl2O22. The Morgan fingerprint density at radius 2 is 0.611 bits per heavy atom. The quantitative estimate of drug-likeness (QED) is 0.127. The first-order valence-corrected chi connectivity index (χ1v) is 39.1. The Labute approximate surface area is 671 Å². The van der Waals surface area contributed by atoms with Gasteiger partial charge in [0, 0.05) is 173 Å². The second-order valence-corrected chi connectivity index (χ2v) is 29.1. The molecule has 113 heavy (non-hydrogen) atoms. The predicted octanol–water partition coefficient (Wildman–Crippen LogP) is 18.8. The normalized spacial score (nSPS) is 18.8. The third-order valence-electron chi connectivity index (χ3n) is 19.8. The summed E-state index contributed by atoms with van der Waals surface area (Å²) in [6.45, 7) is 21.5. The molecule has 9 aliphatic carbocycles. The minimum atomic E-state index is -0.510. The standard InChI is InChI=1S/C15H16O3.C14H13ClO3.C14H14O3.C10H14O3.C9H11ClO.3C9H12O3/c1-10-6-3-4-7-12(10)15(17)18-14-9-5-8-13(16)11(14)2;1-9-12(16)7-4-8-13(9)18-14(17)10-5-2-3-6-11(10)15;1-10-12(15)8-5-9-13(10)17-14(16)11-6-3-2-4-7-11;1-3-10(12)13-9-6-4-5-8(11)7(9)2;1-5-8(10)6-2-3-7(4-6)9(5)11;3*1-6-8(11)4-3-5-9(6)12-7(2)10/h3-4,6-7H,5,8-9H2,1-2H3;2-3,5-6H,4,7-8H2,1H3;2-4,6-7H,5,8-9H2,1H3;3-6H2,1-2H3;6-7H,2-4H2,1H3;3*3-5H2,1-2H3. The average Bonchev–Trinajstić information content (AvgIpc) is 1.67.